The highest BCUT2D eigenvalue weighted by Gasteiger charge is 2.27. The Hall–Kier alpha value is -1.69. The Morgan fingerprint density at radius 3 is 3.00 bits per heavy atom. The van der Waals surface area contributed by atoms with Crippen molar-refractivity contribution in [2.75, 3.05) is 26.7 Å². The summed E-state index contributed by atoms with van der Waals surface area (Å²) in [6, 6.07) is 0. The predicted molar refractivity (Wildman–Crippen MR) is 88.4 cm³/mol. The number of likely N-dealkylation sites (N-methyl/N-ethyl adjacent to an activating group) is 1. The second-order valence-electron chi connectivity index (χ2n) is 6.79. The molecule has 126 valence electrons. The Balaban J connectivity index is 1.80. The third-order valence-corrected chi connectivity index (χ3v) is 4.90. The lowest BCUT2D eigenvalue weighted by molar-refractivity contribution is -0.132. The van der Waals surface area contributed by atoms with E-state index in [1.165, 1.54) is 0 Å². The molecule has 2 aliphatic heterocycles. The van der Waals surface area contributed by atoms with E-state index in [4.69, 9.17) is 4.98 Å². The van der Waals surface area contributed by atoms with Crippen molar-refractivity contribution < 1.29 is 4.79 Å². The van der Waals surface area contributed by atoms with Crippen LogP contribution in [0.3, 0.4) is 0 Å². The van der Waals surface area contributed by atoms with E-state index in [1.807, 2.05) is 18.9 Å². The van der Waals surface area contributed by atoms with Crippen molar-refractivity contribution in [2.24, 2.45) is 0 Å². The van der Waals surface area contributed by atoms with Crippen LogP contribution in [-0.4, -0.2) is 52.4 Å². The molecule has 1 saturated heterocycles. The van der Waals surface area contributed by atoms with Crippen LogP contribution in [0.1, 0.15) is 55.6 Å². The first-order valence-corrected chi connectivity index (χ1v) is 8.66. The lowest BCUT2D eigenvalue weighted by Gasteiger charge is -2.33. The van der Waals surface area contributed by atoms with Gasteiger partial charge in [0, 0.05) is 44.9 Å². The first-order chi connectivity index (χ1) is 11.1. The lowest BCUT2D eigenvalue weighted by atomic mass is 9.96. The van der Waals surface area contributed by atoms with E-state index in [1.54, 1.807) is 0 Å². The average molecular weight is 318 g/mol. The number of aromatic amines is 1. The molecule has 23 heavy (non-hydrogen) atoms. The summed E-state index contributed by atoms with van der Waals surface area (Å²) in [6.45, 7) is 5.15. The lowest BCUT2D eigenvalue weighted by Crippen LogP contribution is -2.40. The Labute approximate surface area is 136 Å². The molecule has 0 saturated carbocycles. The van der Waals surface area contributed by atoms with Gasteiger partial charge >= 0.3 is 0 Å². The number of hydrogen-bond donors (Lipinski definition) is 1. The van der Waals surface area contributed by atoms with Gasteiger partial charge in [-0.2, -0.15) is 0 Å². The van der Waals surface area contributed by atoms with E-state index in [0.717, 1.165) is 55.9 Å². The Kier molecular flexibility index (Phi) is 4.80. The van der Waals surface area contributed by atoms with Crippen molar-refractivity contribution in [3.05, 3.63) is 27.4 Å². The quantitative estimate of drug-likeness (QED) is 0.911. The first kappa shape index (κ1) is 16.2. The smallest absolute Gasteiger partial charge is 0.255 e. The molecule has 1 aromatic heterocycles. The van der Waals surface area contributed by atoms with E-state index in [9.17, 15) is 9.59 Å². The van der Waals surface area contributed by atoms with Crippen molar-refractivity contribution in [3.8, 4) is 0 Å². The molecule has 6 heteroatoms. The van der Waals surface area contributed by atoms with Crippen molar-refractivity contribution >= 4 is 5.91 Å². The molecule has 3 heterocycles. The van der Waals surface area contributed by atoms with Crippen LogP contribution >= 0.6 is 0 Å². The van der Waals surface area contributed by atoms with Crippen LogP contribution < -0.4 is 5.56 Å². The van der Waals surface area contributed by atoms with E-state index in [2.05, 4.69) is 9.88 Å². The van der Waals surface area contributed by atoms with Crippen molar-refractivity contribution in [3.63, 3.8) is 0 Å². The maximum absolute atomic E-state index is 12.4. The zero-order chi connectivity index (χ0) is 16.4. The Morgan fingerprint density at radius 2 is 2.22 bits per heavy atom. The zero-order valence-electron chi connectivity index (χ0n) is 14.1. The molecule has 0 aliphatic carbocycles. The number of amides is 1. The molecule has 6 nitrogen and oxygen atoms in total. The normalized spacial score (nSPS) is 22.0. The van der Waals surface area contributed by atoms with Gasteiger partial charge in [0.05, 0.1) is 11.3 Å². The third kappa shape index (κ3) is 3.47. The van der Waals surface area contributed by atoms with Gasteiger partial charge in [0.25, 0.3) is 5.56 Å². The van der Waals surface area contributed by atoms with Crippen LogP contribution in [0, 0.1) is 0 Å². The highest BCUT2D eigenvalue weighted by atomic mass is 16.2. The van der Waals surface area contributed by atoms with E-state index < -0.39 is 0 Å². The number of hydrogen-bond acceptors (Lipinski definition) is 4. The molecule has 3 rings (SSSR count). The second-order valence-corrected chi connectivity index (χ2v) is 6.79. The van der Waals surface area contributed by atoms with Gasteiger partial charge in [0.2, 0.25) is 5.91 Å². The highest BCUT2D eigenvalue weighted by Crippen LogP contribution is 2.25. The molecule has 1 amide bonds. The van der Waals surface area contributed by atoms with Crippen molar-refractivity contribution in [2.45, 2.75) is 51.5 Å². The fourth-order valence-corrected chi connectivity index (χ4v) is 3.57. The van der Waals surface area contributed by atoms with Gasteiger partial charge in [-0.1, -0.05) is 6.92 Å². The number of carbonyl (C=O) groups excluding carboxylic acids is 1. The summed E-state index contributed by atoms with van der Waals surface area (Å²) >= 11 is 0. The summed E-state index contributed by atoms with van der Waals surface area (Å²) in [4.78, 5) is 36.3. The van der Waals surface area contributed by atoms with Gasteiger partial charge in [0.15, 0.2) is 0 Å². The summed E-state index contributed by atoms with van der Waals surface area (Å²) in [6.07, 6.45) is 4.27. The molecule has 0 aromatic carbocycles. The fourth-order valence-electron chi connectivity index (χ4n) is 3.57. The number of nitrogens with one attached hydrogen (secondary N) is 1. The third-order valence-electron chi connectivity index (χ3n) is 4.90. The van der Waals surface area contributed by atoms with Crippen LogP contribution in [0.5, 0.6) is 0 Å². The number of rotatable bonds is 3. The standard InChI is InChI=1S/C17H26N4O2/c1-3-5-15(22)21-8-4-6-12(10-21)16-18-14-7-9-20(2)11-13(14)17(23)19-16/h12H,3-11H2,1-2H3,(H,18,19,23)/t12-/m1/s1. The summed E-state index contributed by atoms with van der Waals surface area (Å²) in [5.74, 6) is 1.15. The molecule has 0 spiro atoms. The molecular weight excluding hydrogens is 292 g/mol. The molecule has 1 fully saturated rings. The molecule has 0 radical (unpaired) electrons. The number of aromatic nitrogens is 2. The minimum atomic E-state index is -0.00596. The summed E-state index contributed by atoms with van der Waals surface area (Å²) in [5.41, 5.74) is 1.74. The van der Waals surface area contributed by atoms with Gasteiger partial charge in [0.1, 0.15) is 5.82 Å². The van der Waals surface area contributed by atoms with Crippen LogP contribution in [0.2, 0.25) is 0 Å². The first-order valence-electron chi connectivity index (χ1n) is 8.66. The number of fused-ring (bicyclic) bond motifs is 1. The topological polar surface area (TPSA) is 69.3 Å². The molecule has 1 aromatic rings. The van der Waals surface area contributed by atoms with Gasteiger partial charge in [-0.05, 0) is 26.3 Å². The van der Waals surface area contributed by atoms with Gasteiger partial charge in [-0.25, -0.2) is 4.98 Å². The molecule has 1 N–H and O–H groups in total. The summed E-state index contributed by atoms with van der Waals surface area (Å²) in [5, 5.41) is 0. The number of piperidine rings is 1. The molecule has 1 atom stereocenters. The molecule has 0 bridgehead atoms. The second kappa shape index (κ2) is 6.83. The number of H-pyrrole nitrogens is 1. The molecular formula is C17H26N4O2. The van der Waals surface area contributed by atoms with Gasteiger partial charge < -0.3 is 14.8 Å². The SMILES string of the molecule is CCCC(=O)N1CCC[C@@H](c2nc3c(c(=O)[nH]2)CN(C)CC3)C1. The van der Waals surface area contributed by atoms with Gasteiger partial charge in [-0.15, -0.1) is 0 Å². The van der Waals surface area contributed by atoms with Crippen LogP contribution in [0.4, 0.5) is 0 Å². The van der Waals surface area contributed by atoms with Crippen molar-refractivity contribution in [1.29, 1.82) is 0 Å². The Morgan fingerprint density at radius 1 is 1.39 bits per heavy atom. The summed E-state index contributed by atoms with van der Waals surface area (Å²) in [7, 11) is 2.02. The van der Waals surface area contributed by atoms with Crippen LogP contribution in [0.15, 0.2) is 4.79 Å². The molecule has 2 aliphatic rings. The predicted octanol–water partition coefficient (Wildman–Crippen LogP) is 1.26. The monoisotopic (exact) mass is 318 g/mol. The van der Waals surface area contributed by atoms with Gasteiger partial charge in [-0.3, -0.25) is 9.59 Å². The van der Waals surface area contributed by atoms with E-state index in [0.29, 0.717) is 19.5 Å². The number of nitrogens with zero attached hydrogens (tertiary/aromatic N) is 3. The minimum absolute atomic E-state index is 0.00596. The fraction of sp³-hybridized carbons (Fsp3) is 0.706. The zero-order valence-corrected chi connectivity index (χ0v) is 14.1. The Bertz CT molecular complexity index is 640. The molecule has 0 unspecified atom stereocenters. The average Bonchev–Trinajstić information content (AvgIpc) is 2.56. The van der Waals surface area contributed by atoms with Crippen LogP contribution in [-0.2, 0) is 17.8 Å². The van der Waals surface area contributed by atoms with E-state index >= 15 is 0 Å². The minimum Gasteiger partial charge on any atom is -0.342 e. The van der Waals surface area contributed by atoms with Crippen molar-refractivity contribution in [1.82, 2.24) is 19.8 Å². The maximum atomic E-state index is 12.4. The summed E-state index contributed by atoms with van der Waals surface area (Å²) < 4.78 is 0. The number of carbonyl (C=O) groups is 1. The largest absolute Gasteiger partial charge is 0.342 e. The highest BCUT2D eigenvalue weighted by molar-refractivity contribution is 5.76. The van der Waals surface area contributed by atoms with Crippen LogP contribution in [0.25, 0.3) is 0 Å². The van der Waals surface area contributed by atoms with E-state index in [-0.39, 0.29) is 17.4 Å². The number of likely N-dealkylation sites (tertiary alicyclic amines) is 1. The maximum Gasteiger partial charge on any atom is 0.255 e.